The number of nitrogens with zero attached hydrogens (tertiary/aromatic N) is 1. The Kier molecular flexibility index (Phi) is 5.00. The highest BCUT2D eigenvalue weighted by Gasteiger charge is 2.09. The van der Waals surface area contributed by atoms with Gasteiger partial charge in [0.15, 0.2) is 0 Å². The van der Waals surface area contributed by atoms with Gasteiger partial charge in [-0.25, -0.2) is 0 Å². The predicted molar refractivity (Wildman–Crippen MR) is 80.7 cm³/mol. The molecule has 2 aromatic rings. The fourth-order valence-corrected chi connectivity index (χ4v) is 2.42. The van der Waals surface area contributed by atoms with Crippen LogP contribution in [0.5, 0.6) is 0 Å². The summed E-state index contributed by atoms with van der Waals surface area (Å²) < 4.78 is 7.69. The minimum atomic E-state index is 0.234. The number of nitrogens with one attached hydrogen (secondary N) is 1. The molecule has 0 saturated heterocycles. The highest BCUT2D eigenvalue weighted by atomic mass is 16.5. The molecule has 0 bridgehead atoms. The van der Waals surface area contributed by atoms with Crippen LogP contribution in [0.3, 0.4) is 0 Å². The molecule has 104 valence electrons. The maximum Gasteiger partial charge on any atom is 0.0722 e. The second-order valence-corrected chi connectivity index (χ2v) is 4.97. The van der Waals surface area contributed by atoms with Crippen molar-refractivity contribution in [1.29, 1.82) is 0 Å². The van der Waals surface area contributed by atoms with Crippen LogP contribution in [-0.4, -0.2) is 30.9 Å². The summed E-state index contributed by atoms with van der Waals surface area (Å²) >= 11 is 0. The number of fused-ring (bicyclic) bond motifs is 1. The van der Waals surface area contributed by atoms with E-state index < -0.39 is 0 Å². The van der Waals surface area contributed by atoms with E-state index in [4.69, 9.17) is 4.74 Å². The van der Waals surface area contributed by atoms with Gasteiger partial charge in [-0.2, -0.15) is 0 Å². The van der Waals surface area contributed by atoms with Gasteiger partial charge in [-0.05, 0) is 38.1 Å². The van der Waals surface area contributed by atoms with Crippen molar-refractivity contribution in [3.05, 3.63) is 36.0 Å². The molecule has 1 atom stereocenters. The van der Waals surface area contributed by atoms with Crippen molar-refractivity contribution in [2.24, 2.45) is 0 Å². The van der Waals surface area contributed by atoms with Crippen LogP contribution in [-0.2, 0) is 17.7 Å². The third-order valence-corrected chi connectivity index (χ3v) is 3.55. The van der Waals surface area contributed by atoms with Gasteiger partial charge in [0.25, 0.3) is 0 Å². The van der Waals surface area contributed by atoms with E-state index in [9.17, 15) is 0 Å². The zero-order valence-electron chi connectivity index (χ0n) is 12.1. The Morgan fingerprint density at radius 3 is 2.84 bits per heavy atom. The molecule has 0 fully saturated rings. The van der Waals surface area contributed by atoms with Crippen molar-refractivity contribution in [3.8, 4) is 0 Å². The minimum Gasteiger partial charge on any atom is -0.380 e. The van der Waals surface area contributed by atoms with E-state index in [0.717, 1.165) is 26.1 Å². The van der Waals surface area contributed by atoms with Gasteiger partial charge >= 0.3 is 0 Å². The molecule has 3 heteroatoms. The lowest BCUT2D eigenvalue weighted by molar-refractivity contribution is 0.104. The van der Waals surface area contributed by atoms with Gasteiger partial charge in [-0.3, -0.25) is 0 Å². The van der Waals surface area contributed by atoms with Crippen molar-refractivity contribution in [3.63, 3.8) is 0 Å². The van der Waals surface area contributed by atoms with Gasteiger partial charge < -0.3 is 14.6 Å². The molecule has 1 aromatic heterocycles. The molecule has 0 saturated carbocycles. The largest absolute Gasteiger partial charge is 0.380 e. The molecule has 3 nitrogen and oxygen atoms in total. The molecule has 1 unspecified atom stereocenters. The Morgan fingerprint density at radius 2 is 2.11 bits per heavy atom. The fourth-order valence-electron chi connectivity index (χ4n) is 2.42. The SMILES string of the molecule is CCNCCc1cn(CC(C)OC)c2ccccc12. The first-order valence-electron chi connectivity index (χ1n) is 7.06. The quantitative estimate of drug-likeness (QED) is 0.775. The topological polar surface area (TPSA) is 26.2 Å². The highest BCUT2D eigenvalue weighted by molar-refractivity contribution is 5.84. The van der Waals surface area contributed by atoms with Crippen LogP contribution in [0.1, 0.15) is 19.4 Å². The lowest BCUT2D eigenvalue weighted by Gasteiger charge is -2.11. The van der Waals surface area contributed by atoms with E-state index >= 15 is 0 Å². The Hall–Kier alpha value is -1.32. The molecule has 0 aliphatic rings. The zero-order chi connectivity index (χ0) is 13.7. The van der Waals surface area contributed by atoms with Gasteiger partial charge in [0.2, 0.25) is 0 Å². The number of hydrogen-bond donors (Lipinski definition) is 1. The van der Waals surface area contributed by atoms with Crippen molar-refractivity contribution in [2.45, 2.75) is 32.9 Å². The number of rotatable bonds is 7. The molecule has 0 amide bonds. The van der Waals surface area contributed by atoms with E-state index in [1.54, 1.807) is 7.11 Å². The molecule has 2 rings (SSSR count). The Balaban J connectivity index is 2.26. The number of ether oxygens (including phenoxy) is 1. The normalized spacial score (nSPS) is 13.0. The van der Waals surface area contributed by atoms with E-state index in [0.29, 0.717) is 0 Å². The number of methoxy groups -OCH3 is 1. The maximum absolute atomic E-state index is 5.38. The standard InChI is InChI=1S/C16H24N2O/c1-4-17-10-9-14-12-18(11-13(2)19-3)16-8-6-5-7-15(14)16/h5-8,12-13,17H,4,9-11H2,1-3H3. The lowest BCUT2D eigenvalue weighted by atomic mass is 10.1. The van der Waals surface area contributed by atoms with E-state index in [1.165, 1.54) is 16.5 Å². The second kappa shape index (κ2) is 6.73. The van der Waals surface area contributed by atoms with Crippen LogP contribution in [0, 0.1) is 0 Å². The first-order valence-corrected chi connectivity index (χ1v) is 7.06. The number of hydrogen-bond acceptors (Lipinski definition) is 2. The average Bonchev–Trinajstić information content (AvgIpc) is 2.78. The monoisotopic (exact) mass is 260 g/mol. The molecule has 1 N–H and O–H groups in total. The van der Waals surface area contributed by atoms with Gasteiger partial charge in [0, 0.05) is 30.8 Å². The molecule has 0 radical (unpaired) electrons. The highest BCUT2D eigenvalue weighted by Crippen LogP contribution is 2.22. The molecule has 0 aliphatic carbocycles. The van der Waals surface area contributed by atoms with Crippen molar-refractivity contribution in [2.75, 3.05) is 20.2 Å². The summed E-state index contributed by atoms with van der Waals surface area (Å²) in [6, 6.07) is 8.62. The van der Waals surface area contributed by atoms with Crippen molar-refractivity contribution >= 4 is 10.9 Å². The molecule has 1 aromatic carbocycles. The first kappa shape index (κ1) is 14.1. The van der Waals surface area contributed by atoms with Crippen LogP contribution in [0.15, 0.2) is 30.5 Å². The lowest BCUT2D eigenvalue weighted by Crippen LogP contribution is -2.16. The van der Waals surface area contributed by atoms with E-state index in [2.05, 4.69) is 54.2 Å². The molecule has 1 heterocycles. The van der Waals surface area contributed by atoms with Crippen LogP contribution >= 0.6 is 0 Å². The smallest absolute Gasteiger partial charge is 0.0722 e. The zero-order valence-corrected chi connectivity index (χ0v) is 12.1. The molecular formula is C16H24N2O. The van der Waals surface area contributed by atoms with E-state index in [-0.39, 0.29) is 6.10 Å². The molecular weight excluding hydrogens is 236 g/mol. The number of para-hydroxylation sites is 1. The van der Waals surface area contributed by atoms with Crippen molar-refractivity contribution < 1.29 is 4.74 Å². The van der Waals surface area contributed by atoms with Gasteiger partial charge in [0.05, 0.1) is 6.10 Å². The number of likely N-dealkylation sites (N-methyl/N-ethyl adjacent to an activating group) is 1. The summed E-state index contributed by atoms with van der Waals surface area (Å²) in [7, 11) is 1.77. The molecule has 19 heavy (non-hydrogen) atoms. The van der Waals surface area contributed by atoms with E-state index in [1.807, 2.05) is 0 Å². The predicted octanol–water partition coefficient (Wildman–Crippen LogP) is 2.83. The Bertz CT molecular complexity index is 518. The van der Waals surface area contributed by atoms with Crippen LogP contribution < -0.4 is 5.32 Å². The maximum atomic E-state index is 5.38. The minimum absolute atomic E-state index is 0.234. The van der Waals surface area contributed by atoms with Gasteiger partial charge in [-0.1, -0.05) is 25.1 Å². The van der Waals surface area contributed by atoms with Crippen LogP contribution in [0.25, 0.3) is 10.9 Å². The van der Waals surface area contributed by atoms with Gasteiger partial charge in [-0.15, -0.1) is 0 Å². The van der Waals surface area contributed by atoms with Crippen LogP contribution in [0.2, 0.25) is 0 Å². The third kappa shape index (κ3) is 3.37. The molecule has 0 spiro atoms. The summed E-state index contributed by atoms with van der Waals surface area (Å²) in [6.07, 6.45) is 3.58. The summed E-state index contributed by atoms with van der Waals surface area (Å²) in [6.45, 7) is 7.21. The number of aromatic nitrogens is 1. The number of benzene rings is 1. The van der Waals surface area contributed by atoms with Crippen molar-refractivity contribution in [1.82, 2.24) is 9.88 Å². The molecule has 0 aliphatic heterocycles. The Labute approximate surface area is 115 Å². The van der Waals surface area contributed by atoms with Gasteiger partial charge in [0.1, 0.15) is 0 Å². The second-order valence-electron chi connectivity index (χ2n) is 4.97. The summed E-state index contributed by atoms with van der Waals surface area (Å²) in [5.74, 6) is 0. The summed E-state index contributed by atoms with van der Waals surface area (Å²) in [5, 5.41) is 4.75. The summed E-state index contributed by atoms with van der Waals surface area (Å²) in [5.41, 5.74) is 2.72. The average molecular weight is 260 g/mol. The Morgan fingerprint density at radius 1 is 1.32 bits per heavy atom. The van der Waals surface area contributed by atoms with Crippen LogP contribution in [0.4, 0.5) is 0 Å². The first-order chi connectivity index (χ1) is 9.26. The fraction of sp³-hybridized carbons (Fsp3) is 0.500. The summed E-state index contributed by atoms with van der Waals surface area (Å²) in [4.78, 5) is 0. The third-order valence-electron chi connectivity index (χ3n) is 3.55.